The van der Waals surface area contributed by atoms with Crippen molar-refractivity contribution in [2.24, 2.45) is 0 Å². The van der Waals surface area contributed by atoms with Gasteiger partial charge in [0.2, 0.25) is 0 Å². The van der Waals surface area contributed by atoms with E-state index in [0.29, 0.717) is 6.54 Å². The highest BCUT2D eigenvalue weighted by atomic mass is 31.1. The molecule has 0 amide bonds. The van der Waals surface area contributed by atoms with Crippen molar-refractivity contribution in [3.05, 3.63) is 162 Å². The van der Waals surface area contributed by atoms with Gasteiger partial charge in [-0.1, -0.05) is 146 Å². The molecule has 5 aromatic rings. The Balaban J connectivity index is 1.51. The molecular weight excluding hydrogens is 485 g/mol. The van der Waals surface area contributed by atoms with E-state index >= 15 is 0 Å². The molecule has 3 nitrogen and oxygen atoms in total. The van der Waals surface area contributed by atoms with Crippen molar-refractivity contribution < 1.29 is 10.2 Å². The average molecular weight is 518 g/mol. The molecule has 0 aliphatic heterocycles. The van der Waals surface area contributed by atoms with Gasteiger partial charge in [0.05, 0.1) is 12.6 Å². The van der Waals surface area contributed by atoms with Gasteiger partial charge in [-0.3, -0.25) is 0 Å². The van der Waals surface area contributed by atoms with Crippen LogP contribution >= 0.6 is 7.92 Å². The second-order valence-corrected chi connectivity index (χ2v) is 11.4. The molecule has 0 bridgehead atoms. The van der Waals surface area contributed by atoms with Gasteiger partial charge in [-0.25, -0.2) is 0 Å². The maximum Gasteiger partial charge on any atom is 0.132 e. The summed E-state index contributed by atoms with van der Waals surface area (Å²) in [5, 5.41) is 30.1. The molecule has 0 saturated heterocycles. The van der Waals surface area contributed by atoms with Crippen LogP contribution in [0.4, 0.5) is 0 Å². The fourth-order valence-corrected chi connectivity index (χ4v) is 7.46. The number of nitrogens with one attached hydrogen (secondary N) is 1. The lowest BCUT2D eigenvalue weighted by Crippen LogP contribution is -2.51. The Hall–Kier alpha value is -3.59. The molecular formula is C34H32NO2P. The number of hydrogen-bond acceptors (Lipinski definition) is 3. The molecule has 0 aliphatic carbocycles. The standard InChI is InChI=1S/C34H32NO2P/c36-26-33(34(37,28-16-5-1-6-17-28)29-18-7-2-8-19-29)35-25-27-15-13-14-24-32(27)38(30-20-9-3-10-21-30)31-22-11-4-12-23-31/h1-24,33,35-37H,25-26H2/t33-/m0/s1. The van der Waals surface area contributed by atoms with E-state index in [1.807, 2.05) is 60.7 Å². The molecule has 0 heterocycles. The fraction of sp³-hybridized carbons (Fsp3) is 0.118. The smallest absolute Gasteiger partial charge is 0.132 e. The van der Waals surface area contributed by atoms with E-state index in [2.05, 4.69) is 90.2 Å². The molecule has 5 aromatic carbocycles. The first-order chi connectivity index (χ1) is 18.7. The van der Waals surface area contributed by atoms with Gasteiger partial charge < -0.3 is 15.5 Å². The summed E-state index contributed by atoms with van der Waals surface area (Å²) in [6, 6.07) is 48.3. The highest BCUT2D eigenvalue weighted by molar-refractivity contribution is 7.79. The zero-order valence-electron chi connectivity index (χ0n) is 21.2. The maximum absolute atomic E-state index is 12.2. The molecule has 4 heteroatoms. The van der Waals surface area contributed by atoms with Crippen LogP contribution in [0.5, 0.6) is 0 Å². The Morgan fingerprint density at radius 1 is 0.579 bits per heavy atom. The average Bonchev–Trinajstić information content (AvgIpc) is 3.00. The van der Waals surface area contributed by atoms with E-state index < -0.39 is 19.6 Å². The van der Waals surface area contributed by atoms with Crippen molar-refractivity contribution in [3.8, 4) is 0 Å². The fourth-order valence-electron chi connectivity index (χ4n) is 4.99. The molecule has 38 heavy (non-hydrogen) atoms. The van der Waals surface area contributed by atoms with E-state index in [1.54, 1.807) is 0 Å². The molecule has 5 rings (SSSR count). The molecule has 0 aliphatic rings. The maximum atomic E-state index is 12.2. The van der Waals surface area contributed by atoms with Crippen LogP contribution in [0, 0.1) is 0 Å². The minimum absolute atomic E-state index is 0.228. The Kier molecular flexibility index (Phi) is 8.43. The third-order valence-electron chi connectivity index (χ3n) is 6.91. The lowest BCUT2D eigenvalue weighted by Gasteiger charge is -2.37. The van der Waals surface area contributed by atoms with Gasteiger partial charge >= 0.3 is 0 Å². The number of rotatable bonds is 10. The lowest BCUT2D eigenvalue weighted by atomic mass is 9.80. The van der Waals surface area contributed by atoms with E-state index in [0.717, 1.165) is 16.7 Å². The molecule has 0 aromatic heterocycles. The first kappa shape index (κ1) is 26.0. The third-order valence-corrected chi connectivity index (χ3v) is 9.46. The van der Waals surface area contributed by atoms with Crippen LogP contribution in [-0.4, -0.2) is 22.9 Å². The summed E-state index contributed by atoms with van der Waals surface area (Å²) in [7, 11) is -0.783. The summed E-state index contributed by atoms with van der Waals surface area (Å²) >= 11 is 0. The summed E-state index contributed by atoms with van der Waals surface area (Å²) in [5.41, 5.74) is 1.22. The molecule has 190 valence electrons. The first-order valence-electron chi connectivity index (χ1n) is 12.9. The number of hydrogen-bond donors (Lipinski definition) is 3. The van der Waals surface area contributed by atoms with E-state index in [1.165, 1.54) is 15.9 Å². The summed E-state index contributed by atoms with van der Waals surface area (Å²) < 4.78 is 0. The van der Waals surface area contributed by atoms with Crippen molar-refractivity contribution in [2.75, 3.05) is 6.61 Å². The summed E-state index contributed by atoms with van der Waals surface area (Å²) in [6.45, 7) is 0.274. The van der Waals surface area contributed by atoms with Gasteiger partial charge in [0.15, 0.2) is 0 Å². The van der Waals surface area contributed by atoms with Crippen LogP contribution in [-0.2, 0) is 12.1 Å². The van der Waals surface area contributed by atoms with Crippen LogP contribution in [0.1, 0.15) is 16.7 Å². The summed E-state index contributed by atoms with van der Waals surface area (Å²) in [5.74, 6) is 0. The molecule has 0 saturated carbocycles. The minimum Gasteiger partial charge on any atom is -0.395 e. The van der Waals surface area contributed by atoms with Crippen molar-refractivity contribution in [1.82, 2.24) is 5.32 Å². The van der Waals surface area contributed by atoms with E-state index in [9.17, 15) is 10.2 Å². The molecule has 3 N–H and O–H groups in total. The monoisotopic (exact) mass is 517 g/mol. The zero-order valence-corrected chi connectivity index (χ0v) is 22.1. The summed E-state index contributed by atoms with van der Waals surface area (Å²) in [4.78, 5) is 0. The Morgan fingerprint density at radius 2 is 1.00 bits per heavy atom. The van der Waals surface area contributed by atoms with Crippen LogP contribution in [0.3, 0.4) is 0 Å². The minimum atomic E-state index is -1.41. The second-order valence-electron chi connectivity index (χ2n) is 9.25. The van der Waals surface area contributed by atoms with Crippen LogP contribution in [0.2, 0.25) is 0 Å². The van der Waals surface area contributed by atoms with Crippen molar-refractivity contribution in [3.63, 3.8) is 0 Å². The van der Waals surface area contributed by atoms with Crippen LogP contribution in [0.15, 0.2) is 146 Å². The Bertz CT molecular complexity index is 1330. The number of aliphatic hydroxyl groups is 2. The Morgan fingerprint density at radius 3 is 1.47 bits per heavy atom. The third kappa shape index (κ3) is 5.48. The highest BCUT2D eigenvalue weighted by Crippen LogP contribution is 2.35. The largest absolute Gasteiger partial charge is 0.395 e. The normalized spacial score (nSPS) is 12.4. The predicted molar refractivity (Wildman–Crippen MR) is 159 cm³/mol. The van der Waals surface area contributed by atoms with Gasteiger partial charge in [-0.2, -0.15) is 0 Å². The van der Waals surface area contributed by atoms with E-state index in [-0.39, 0.29) is 6.61 Å². The zero-order chi connectivity index (χ0) is 26.2. The Labute approximate surface area is 226 Å². The number of benzene rings is 5. The molecule has 0 unspecified atom stereocenters. The SMILES string of the molecule is OC[C@H](NCc1ccccc1P(c1ccccc1)c1ccccc1)C(O)(c1ccccc1)c1ccccc1. The second kappa shape index (κ2) is 12.3. The topological polar surface area (TPSA) is 52.5 Å². The molecule has 0 radical (unpaired) electrons. The first-order valence-corrected chi connectivity index (χ1v) is 14.2. The predicted octanol–water partition coefficient (Wildman–Crippen LogP) is 4.83. The van der Waals surface area contributed by atoms with Crippen molar-refractivity contribution >= 4 is 23.8 Å². The molecule has 0 fully saturated rings. The summed E-state index contributed by atoms with van der Waals surface area (Å²) in [6.07, 6.45) is 0. The molecule has 0 spiro atoms. The molecule has 1 atom stereocenters. The lowest BCUT2D eigenvalue weighted by molar-refractivity contribution is 0.0128. The van der Waals surface area contributed by atoms with Crippen LogP contribution in [0.25, 0.3) is 0 Å². The van der Waals surface area contributed by atoms with Gasteiger partial charge in [-0.05, 0) is 40.5 Å². The highest BCUT2D eigenvalue weighted by Gasteiger charge is 2.39. The number of aliphatic hydroxyl groups excluding tert-OH is 1. The van der Waals surface area contributed by atoms with Crippen molar-refractivity contribution in [2.45, 2.75) is 18.2 Å². The van der Waals surface area contributed by atoms with Gasteiger partial charge in [0.1, 0.15) is 5.60 Å². The van der Waals surface area contributed by atoms with Gasteiger partial charge in [0, 0.05) is 6.54 Å². The van der Waals surface area contributed by atoms with Crippen LogP contribution < -0.4 is 21.2 Å². The van der Waals surface area contributed by atoms with Crippen molar-refractivity contribution in [1.29, 1.82) is 0 Å². The quantitative estimate of drug-likeness (QED) is 0.233. The van der Waals surface area contributed by atoms with E-state index in [4.69, 9.17) is 0 Å². The van der Waals surface area contributed by atoms with Gasteiger partial charge in [0.25, 0.3) is 0 Å². The van der Waals surface area contributed by atoms with Gasteiger partial charge in [-0.15, -0.1) is 0 Å².